The summed E-state index contributed by atoms with van der Waals surface area (Å²) in [6.07, 6.45) is 0. The Morgan fingerprint density at radius 3 is 1.53 bits per heavy atom. The lowest BCUT2D eigenvalue weighted by atomic mass is 10.1. The molecule has 0 aliphatic rings. The van der Waals surface area contributed by atoms with E-state index in [4.69, 9.17) is 15.1 Å². The number of nitrogens with zero attached hydrogens (tertiary/aromatic N) is 6. The molecule has 0 aliphatic carbocycles. The van der Waals surface area contributed by atoms with Crippen molar-refractivity contribution in [2.24, 2.45) is 0 Å². The number of rotatable bonds is 5. The summed E-state index contributed by atoms with van der Waals surface area (Å²) >= 11 is 0. The lowest BCUT2D eigenvalue weighted by Crippen LogP contribution is -1.97. The Kier molecular flexibility index (Phi) is 6.83. The Balaban J connectivity index is 1.01. The quantitative estimate of drug-likeness (QED) is 0.177. The molecule has 0 bridgehead atoms. The number of aromatic nitrogens is 6. The van der Waals surface area contributed by atoms with Crippen LogP contribution in [0.5, 0.6) is 0 Å². The summed E-state index contributed by atoms with van der Waals surface area (Å²) in [6, 6.07) is 68.8. The Bertz CT molecular complexity index is 3500. The number of fused-ring (bicyclic) bond motifs is 9. The minimum Gasteiger partial charge on any atom is -0.309 e. The Labute approximate surface area is 327 Å². The van der Waals surface area contributed by atoms with Crippen LogP contribution in [0.1, 0.15) is 0 Å². The van der Waals surface area contributed by atoms with Gasteiger partial charge in [-0.2, -0.15) is 9.50 Å². The van der Waals surface area contributed by atoms with Crippen LogP contribution >= 0.6 is 0 Å². The van der Waals surface area contributed by atoms with Gasteiger partial charge in [-0.1, -0.05) is 127 Å². The molecule has 0 fully saturated rings. The van der Waals surface area contributed by atoms with Gasteiger partial charge in [0.2, 0.25) is 0 Å². The summed E-state index contributed by atoms with van der Waals surface area (Å²) in [5.41, 5.74) is 13.1. The maximum absolute atomic E-state index is 5.02. The van der Waals surface area contributed by atoms with Crippen LogP contribution in [0.2, 0.25) is 0 Å². The van der Waals surface area contributed by atoms with Crippen molar-refractivity contribution in [3.05, 3.63) is 194 Å². The second-order valence-corrected chi connectivity index (χ2v) is 14.5. The Morgan fingerprint density at radius 1 is 0.316 bits per heavy atom. The first-order chi connectivity index (χ1) is 28.3. The van der Waals surface area contributed by atoms with Crippen LogP contribution in [-0.4, -0.2) is 28.7 Å². The van der Waals surface area contributed by atoms with Crippen molar-refractivity contribution < 1.29 is 0 Å². The molecule has 6 nitrogen and oxygen atoms in total. The monoisotopic (exact) mass is 728 g/mol. The highest BCUT2D eigenvalue weighted by Gasteiger charge is 2.20. The van der Waals surface area contributed by atoms with E-state index < -0.39 is 0 Å². The van der Waals surface area contributed by atoms with Crippen molar-refractivity contribution in [2.75, 3.05) is 0 Å². The molecule has 0 unspecified atom stereocenters. The summed E-state index contributed by atoms with van der Waals surface area (Å²) < 4.78 is 6.66. The van der Waals surface area contributed by atoms with E-state index in [1.807, 2.05) is 34.8 Å². The molecule has 12 aromatic rings. The third-order valence-electron chi connectivity index (χ3n) is 11.3. The zero-order valence-electron chi connectivity index (χ0n) is 30.7. The lowest BCUT2D eigenvalue weighted by molar-refractivity contribution is 0.988. The molecular weight excluding hydrogens is 697 g/mol. The second kappa shape index (κ2) is 12.3. The SMILES string of the molecule is c1ccc(-c2cccc(-n3c4ccccc4c4cc5c(cc43)c3ccccc3n5-c3ccc(-c4nc5nc(-c6ccccc6)c6ccccc6n5n4)cc3)c2)cc1. The largest absolute Gasteiger partial charge is 0.309 e. The summed E-state index contributed by atoms with van der Waals surface area (Å²) in [5, 5.41) is 10.9. The van der Waals surface area contributed by atoms with Gasteiger partial charge < -0.3 is 9.13 Å². The number of para-hydroxylation sites is 3. The van der Waals surface area contributed by atoms with Gasteiger partial charge in [-0.3, -0.25) is 0 Å². The Morgan fingerprint density at radius 2 is 0.860 bits per heavy atom. The standard InChI is InChI=1S/C51H32N6/c1-3-14-33(15-4-1)36-18-13-19-38(30-36)56-45-24-11-8-21-40(45)43-31-47-42(32-48(43)56)39-20-7-10-23-44(39)55(47)37-28-26-35(27-29-37)50-53-51-52-49(34-16-5-2-6-17-34)41-22-9-12-25-46(41)57(51)54-50/h1-32H. The molecule has 8 aromatic carbocycles. The first kappa shape index (κ1) is 31.5. The molecule has 0 saturated carbocycles. The van der Waals surface area contributed by atoms with E-state index in [-0.39, 0.29) is 0 Å². The summed E-state index contributed by atoms with van der Waals surface area (Å²) in [5.74, 6) is 1.21. The van der Waals surface area contributed by atoms with Crippen LogP contribution in [0.3, 0.4) is 0 Å². The van der Waals surface area contributed by atoms with Crippen molar-refractivity contribution in [2.45, 2.75) is 0 Å². The van der Waals surface area contributed by atoms with Crippen LogP contribution in [0, 0.1) is 0 Å². The molecule has 4 aromatic heterocycles. The average Bonchev–Trinajstić information content (AvgIpc) is 3.96. The van der Waals surface area contributed by atoms with Crippen LogP contribution in [-0.2, 0) is 0 Å². The first-order valence-corrected chi connectivity index (χ1v) is 19.2. The zero-order chi connectivity index (χ0) is 37.5. The maximum atomic E-state index is 5.02. The number of hydrogen-bond donors (Lipinski definition) is 0. The molecule has 266 valence electrons. The third kappa shape index (κ3) is 4.87. The fourth-order valence-electron chi connectivity index (χ4n) is 8.70. The summed E-state index contributed by atoms with van der Waals surface area (Å²) in [4.78, 5) is 9.97. The molecule has 0 amide bonds. The van der Waals surface area contributed by atoms with Gasteiger partial charge in [0.05, 0.1) is 33.3 Å². The van der Waals surface area contributed by atoms with Gasteiger partial charge in [-0.05, 0) is 77.9 Å². The van der Waals surface area contributed by atoms with Crippen LogP contribution in [0.4, 0.5) is 0 Å². The van der Waals surface area contributed by atoms with Gasteiger partial charge in [0.15, 0.2) is 5.82 Å². The van der Waals surface area contributed by atoms with Crippen LogP contribution < -0.4 is 0 Å². The minimum atomic E-state index is 0.573. The first-order valence-electron chi connectivity index (χ1n) is 19.2. The highest BCUT2D eigenvalue weighted by Crippen LogP contribution is 2.40. The van der Waals surface area contributed by atoms with E-state index in [0.717, 1.165) is 50.1 Å². The lowest BCUT2D eigenvalue weighted by Gasteiger charge is -2.11. The molecular formula is C51H32N6. The predicted molar refractivity (Wildman–Crippen MR) is 233 cm³/mol. The van der Waals surface area contributed by atoms with Gasteiger partial charge in [-0.25, -0.2) is 4.98 Å². The molecule has 57 heavy (non-hydrogen) atoms. The van der Waals surface area contributed by atoms with Gasteiger partial charge in [0, 0.05) is 49.4 Å². The molecule has 0 atom stereocenters. The molecule has 0 saturated heterocycles. The van der Waals surface area contributed by atoms with E-state index in [9.17, 15) is 0 Å². The van der Waals surface area contributed by atoms with Crippen molar-refractivity contribution in [3.8, 4) is 45.1 Å². The van der Waals surface area contributed by atoms with E-state index in [0.29, 0.717) is 11.6 Å². The van der Waals surface area contributed by atoms with Crippen molar-refractivity contribution in [1.29, 1.82) is 0 Å². The normalized spacial score (nSPS) is 11.9. The van der Waals surface area contributed by atoms with Gasteiger partial charge >= 0.3 is 0 Å². The molecule has 0 aliphatic heterocycles. The molecule has 0 N–H and O–H groups in total. The predicted octanol–water partition coefficient (Wildman–Crippen LogP) is 12.5. The van der Waals surface area contributed by atoms with Crippen molar-refractivity contribution in [1.82, 2.24) is 28.7 Å². The molecule has 6 heteroatoms. The number of benzene rings is 8. The molecule has 4 heterocycles. The van der Waals surface area contributed by atoms with E-state index in [1.54, 1.807) is 0 Å². The van der Waals surface area contributed by atoms with Crippen molar-refractivity contribution in [3.63, 3.8) is 0 Å². The fourth-order valence-corrected chi connectivity index (χ4v) is 8.70. The number of hydrogen-bond acceptors (Lipinski definition) is 3. The smallest absolute Gasteiger partial charge is 0.253 e. The summed E-state index contributed by atoms with van der Waals surface area (Å²) in [7, 11) is 0. The van der Waals surface area contributed by atoms with E-state index in [1.165, 1.54) is 43.7 Å². The Hall–Kier alpha value is -7.83. The van der Waals surface area contributed by atoms with Gasteiger partial charge in [0.1, 0.15) is 0 Å². The van der Waals surface area contributed by atoms with Crippen molar-refractivity contribution >= 4 is 60.3 Å². The van der Waals surface area contributed by atoms with E-state index in [2.05, 4.69) is 173 Å². The highest BCUT2D eigenvalue weighted by atomic mass is 15.3. The molecule has 0 spiro atoms. The second-order valence-electron chi connectivity index (χ2n) is 14.5. The maximum Gasteiger partial charge on any atom is 0.253 e. The van der Waals surface area contributed by atoms with Gasteiger partial charge in [-0.15, -0.1) is 5.10 Å². The fraction of sp³-hybridized carbons (Fsp3) is 0. The zero-order valence-corrected chi connectivity index (χ0v) is 30.7. The molecule has 12 rings (SSSR count). The van der Waals surface area contributed by atoms with E-state index >= 15 is 0 Å². The summed E-state index contributed by atoms with van der Waals surface area (Å²) in [6.45, 7) is 0. The third-order valence-corrected chi connectivity index (χ3v) is 11.3. The minimum absolute atomic E-state index is 0.573. The average molecular weight is 729 g/mol. The van der Waals surface area contributed by atoms with Crippen LogP contribution in [0.25, 0.3) is 105 Å². The molecule has 0 radical (unpaired) electrons. The van der Waals surface area contributed by atoms with Gasteiger partial charge in [0.25, 0.3) is 5.78 Å². The topological polar surface area (TPSA) is 52.9 Å². The van der Waals surface area contributed by atoms with Crippen LogP contribution in [0.15, 0.2) is 194 Å². The highest BCUT2D eigenvalue weighted by molar-refractivity contribution is 6.19.